The van der Waals surface area contributed by atoms with Crippen LogP contribution in [-0.4, -0.2) is 41.9 Å². The number of esters is 1. The van der Waals surface area contributed by atoms with Crippen LogP contribution in [0.5, 0.6) is 0 Å². The van der Waals surface area contributed by atoms with E-state index in [0.717, 1.165) is 25.2 Å². The molecule has 1 aliphatic heterocycles. The second kappa shape index (κ2) is 10.1. The maximum Gasteiger partial charge on any atom is 0.317 e. The molecule has 2 unspecified atom stereocenters. The summed E-state index contributed by atoms with van der Waals surface area (Å²) in [7, 11) is 1.50. The largest absolute Gasteiger partial charge is 0.468 e. The predicted molar refractivity (Wildman–Crippen MR) is 143 cm³/mol. The quantitative estimate of drug-likeness (QED) is 0.347. The molecule has 0 saturated carbocycles. The van der Waals surface area contributed by atoms with Gasteiger partial charge >= 0.3 is 5.97 Å². The van der Waals surface area contributed by atoms with E-state index < -0.39 is 5.41 Å². The van der Waals surface area contributed by atoms with E-state index in [1.165, 1.54) is 45.8 Å². The second-order valence-corrected chi connectivity index (χ2v) is 12.1. The normalized spacial score (nSPS) is 20.7. The van der Waals surface area contributed by atoms with E-state index in [4.69, 9.17) is 4.74 Å². The molecule has 35 heavy (non-hydrogen) atoms. The number of fused-ring (bicyclic) bond motifs is 1. The molecule has 1 radical (unpaired) electrons. The summed E-state index contributed by atoms with van der Waals surface area (Å²) in [5, 5.41) is 1.30. The Hall–Kier alpha value is -1.52. The molecular formula is C30H47N2O2V+. The number of hydrogen-bond donors (Lipinski definition) is 1. The van der Waals surface area contributed by atoms with Gasteiger partial charge in [0, 0.05) is 52.9 Å². The molecule has 2 atom stereocenters. The van der Waals surface area contributed by atoms with Crippen molar-refractivity contribution in [3.63, 3.8) is 0 Å². The number of aromatic amines is 1. The minimum Gasteiger partial charge on any atom is -0.468 e. The number of hydrogen-bond acceptors (Lipinski definition) is 2. The van der Waals surface area contributed by atoms with Crippen molar-refractivity contribution in [2.75, 3.05) is 20.2 Å². The number of carbonyl (C=O) groups excluding carboxylic acids is 1. The maximum atomic E-state index is 13.0. The van der Waals surface area contributed by atoms with Crippen molar-refractivity contribution < 1.29 is 32.7 Å². The van der Waals surface area contributed by atoms with Crippen molar-refractivity contribution in [2.24, 2.45) is 16.7 Å². The molecule has 1 aromatic heterocycles. The summed E-state index contributed by atoms with van der Waals surface area (Å²) in [5.41, 5.74) is 8.40. The van der Waals surface area contributed by atoms with E-state index in [0.29, 0.717) is 12.3 Å². The van der Waals surface area contributed by atoms with Gasteiger partial charge in [-0.1, -0.05) is 41.5 Å². The Bertz CT molecular complexity index is 1160. The minimum absolute atomic E-state index is 0. The number of aryl methyl sites for hydroxylation is 2. The van der Waals surface area contributed by atoms with Gasteiger partial charge in [0.25, 0.3) is 0 Å². The van der Waals surface area contributed by atoms with Gasteiger partial charge in [0.05, 0.1) is 7.11 Å². The third-order valence-electron chi connectivity index (χ3n) is 9.99. The first-order chi connectivity index (χ1) is 15.6. The molecule has 1 aliphatic rings. The third kappa shape index (κ3) is 4.66. The number of benzene rings is 1. The Morgan fingerprint density at radius 1 is 1.11 bits per heavy atom. The van der Waals surface area contributed by atoms with Crippen LogP contribution in [0.3, 0.4) is 0 Å². The maximum absolute atomic E-state index is 13.0. The molecule has 2 heterocycles. The summed E-state index contributed by atoms with van der Waals surface area (Å²) in [5.74, 6) is 0.424. The van der Waals surface area contributed by atoms with E-state index in [1.807, 2.05) is 6.92 Å². The van der Waals surface area contributed by atoms with Crippen molar-refractivity contribution in [1.29, 1.82) is 0 Å². The average Bonchev–Trinajstić information content (AvgIpc) is 3.17. The van der Waals surface area contributed by atoms with Crippen molar-refractivity contribution >= 4 is 23.1 Å². The first-order valence-corrected chi connectivity index (χ1v) is 12.9. The van der Waals surface area contributed by atoms with Crippen molar-refractivity contribution in [3.8, 4) is 0 Å². The van der Waals surface area contributed by atoms with Gasteiger partial charge in [-0.3, -0.25) is 4.79 Å². The zero-order chi connectivity index (χ0) is 25.8. The monoisotopic (exact) mass is 518 g/mol. The second-order valence-electron chi connectivity index (χ2n) is 12.1. The molecule has 1 N–H and O–H groups in total. The van der Waals surface area contributed by atoms with Gasteiger partial charge in [0.1, 0.15) is 24.7 Å². The molecule has 1 aromatic carbocycles. The standard InChI is InChI=1S/C30H47N2O2.V/c1-13-30(11,27(33)34-12)26-23(24-21(5)19(3)20(4)22(6)25(24)31-26)14-15-32-16-18(2)29(9,10)28(7,8)17-32;/h17-18,31H,13-16H2,1-12H3;/q+1;. The van der Waals surface area contributed by atoms with Gasteiger partial charge in [0.2, 0.25) is 0 Å². The van der Waals surface area contributed by atoms with Crippen LogP contribution in [0.15, 0.2) is 0 Å². The third-order valence-corrected chi connectivity index (χ3v) is 9.99. The molecule has 0 spiro atoms. The number of methoxy groups -OCH3 is 1. The molecule has 4 nitrogen and oxygen atoms in total. The molecular weight excluding hydrogens is 471 g/mol. The molecule has 0 amide bonds. The summed E-state index contributed by atoms with van der Waals surface area (Å²) >= 11 is 0. The first-order valence-electron chi connectivity index (χ1n) is 12.9. The van der Waals surface area contributed by atoms with Crippen molar-refractivity contribution in [1.82, 2.24) is 4.98 Å². The Kier molecular flexibility index (Phi) is 8.57. The Labute approximate surface area is 225 Å². The zero-order valence-corrected chi connectivity index (χ0v) is 25.6. The smallest absolute Gasteiger partial charge is 0.317 e. The van der Waals surface area contributed by atoms with Gasteiger partial charge in [0.15, 0.2) is 0 Å². The van der Waals surface area contributed by atoms with Gasteiger partial charge in [-0.15, -0.1) is 0 Å². The number of nitrogens with zero attached hydrogens (tertiary/aromatic N) is 1. The topological polar surface area (TPSA) is 45.1 Å². The molecule has 193 valence electrons. The molecule has 0 saturated heterocycles. The van der Waals surface area contributed by atoms with Crippen molar-refractivity contribution in [3.05, 3.63) is 33.5 Å². The predicted octanol–water partition coefficient (Wildman–Crippen LogP) is 6.57. The van der Waals surface area contributed by atoms with Crippen LogP contribution in [0.25, 0.3) is 10.9 Å². The molecule has 2 aromatic rings. The number of carbonyl (C=O) groups is 1. The van der Waals surface area contributed by atoms with Crippen LogP contribution in [-0.2, 0) is 39.9 Å². The molecule has 3 rings (SSSR count). The van der Waals surface area contributed by atoms with E-state index in [9.17, 15) is 4.79 Å². The SMILES string of the molecule is CCC(C)(C(=O)OC)c1[nH]c2c(C)c(C)c(C)c(C)c2c1CC[N+]1=CC(C)(C)C(C)(C)C(C)C1.[V]. The fraction of sp³-hybridized carbons (Fsp3) is 0.667. The Morgan fingerprint density at radius 2 is 1.69 bits per heavy atom. The van der Waals surface area contributed by atoms with E-state index >= 15 is 0 Å². The van der Waals surface area contributed by atoms with Crippen LogP contribution in [0.1, 0.15) is 88.4 Å². The van der Waals surface area contributed by atoms with Crippen LogP contribution < -0.4 is 0 Å². The molecule has 0 fully saturated rings. The number of ether oxygens (including phenoxy) is 1. The number of nitrogens with one attached hydrogen (secondary N) is 1. The van der Waals surface area contributed by atoms with Crippen LogP contribution >= 0.6 is 0 Å². The van der Waals surface area contributed by atoms with Gasteiger partial charge in [-0.05, 0) is 74.3 Å². The number of rotatable bonds is 6. The average molecular weight is 519 g/mol. The summed E-state index contributed by atoms with van der Waals surface area (Å²) in [6, 6.07) is 0. The van der Waals surface area contributed by atoms with Gasteiger partial charge in [-0.2, -0.15) is 0 Å². The van der Waals surface area contributed by atoms with Gasteiger partial charge in [-0.25, -0.2) is 4.58 Å². The Balaban J connectivity index is 0.00000432. The fourth-order valence-corrected chi connectivity index (χ4v) is 5.84. The summed E-state index contributed by atoms with van der Waals surface area (Å²) in [4.78, 5) is 16.8. The molecule has 0 bridgehead atoms. The summed E-state index contributed by atoms with van der Waals surface area (Å²) < 4.78 is 7.82. The van der Waals surface area contributed by atoms with E-state index in [2.05, 4.69) is 85.0 Å². The van der Waals surface area contributed by atoms with E-state index in [-0.39, 0.29) is 35.4 Å². The van der Waals surface area contributed by atoms with Crippen molar-refractivity contribution in [2.45, 2.75) is 94.4 Å². The van der Waals surface area contributed by atoms with Crippen LogP contribution in [0.4, 0.5) is 0 Å². The van der Waals surface area contributed by atoms with Crippen LogP contribution in [0, 0.1) is 44.4 Å². The minimum atomic E-state index is -0.704. The summed E-state index contributed by atoms with van der Waals surface area (Å²) in [6.45, 7) is 26.8. The Morgan fingerprint density at radius 3 is 2.20 bits per heavy atom. The van der Waals surface area contributed by atoms with Gasteiger partial charge < -0.3 is 9.72 Å². The molecule has 0 aliphatic carbocycles. The number of H-pyrrole nitrogens is 1. The zero-order valence-electron chi connectivity index (χ0n) is 24.2. The van der Waals surface area contributed by atoms with E-state index in [1.54, 1.807) is 0 Å². The number of aromatic nitrogens is 1. The summed E-state index contributed by atoms with van der Waals surface area (Å²) in [6.07, 6.45) is 4.03. The van der Waals surface area contributed by atoms with Crippen LogP contribution in [0.2, 0.25) is 0 Å². The first kappa shape index (κ1) is 29.7. The fourth-order valence-electron chi connectivity index (χ4n) is 5.84. The molecule has 5 heteroatoms.